The van der Waals surface area contributed by atoms with E-state index in [1.165, 1.54) is 6.42 Å². The van der Waals surface area contributed by atoms with Gasteiger partial charge in [0.1, 0.15) is 6.23 Å². The van der Waals surface area contributed by atoms with Crippen LogP contribution >= 0.6 is 15.9 Å². The third-order valence-electron chi connectivity index (χ3n) is 4.00. The second kappa shape index (κ2) is 5.82. The molecule has 1 aliphatic rings. The molecule has 1 fully saturated rings. The minimum absolute atomic E-state index is 0.0668. The van der Waals surface area contributed by atoms with E-state index in [-0.39, 0.29) is 6.23 Å². The van der Waals surface area contributed by atoms with E-state index >= 15 is 0 Å². The fourth-order valence-corrected chi connectivity index (χ4v) is 3.16. The quantitative estimate of drug-likeness (QED) is 0.674. The van der Waals surface area contributed by atoms with E-state index in [9.17, 15) is 0 Å². The summed E-state index contributed by atoms with van der Waals surface area (Å²) in [5.41, 5.74) is 2.94. The fourth-order valence-electron chi connectivity index (χ4n) is 2.81. The molecule has 0 spiro atoms. The van der Waals surface area contributed by atoms with Crippen molar-refractivity contribution >= 4 is 26.8 Å². The number of rotatable bonds is 2. The zero-order valence-electron chi connectivity index (χ0n) is 12.1. The van der Waals surface area contributed by atoms with Gasteiger partial charge >= 0.3 is 0 Å². The molecule has 0 aliphatic carbocycles. The highest BCUT2D eigenvalue weighted by Crippen LogP contribution is 2.26. The normalized spacial score (nSPS) is 18.7. The Balaban J connectivity index is 1.68. The molecule has 0 N–H and O–H groups in total. The van der Waals surface area contributed by atoms with E-state index in [0.717, 1.165) is 46.1 Å². The number of ether oxygens (including phenoxy) is 1. The van der Waals surface area contributed by atoms with E-state index in [1.807, 2.05) is 35.3 Å². The molecule has 1 aliphatic heterocycles. The topological polar surface area (TPSA) is 39.9 Å². The molecule has 3 aromatic rings. The van der Waals surface area contributed by atoms with Crippen molar-refractivity contribution in [3.63, 3.8) is 0 Å². The summed E-state index contributed by atoms with van der Waals surface area (Å²) in [5.74, 6) is 0. The Bertz CT molecular complexity index is 809. The van der Waals surface area contributed by atoms with Gasteiger partial charge in [0.25, 0.3) is 0 Å². The Morgan fingerprint density at radius 2 is 2.09 bits per heavy atom. The maximum atomic E-state index is 5.77. The first kappa shape index (κ1) is 13.9. The Morgan fingerprint density at radius 3 is 2.95 bits per heavy atom. The molecule has 5 heteroatoms. The number of benzene rings is 1. The van der Waals surface area contributed by atoms with Crippen molar-refractivity contribution in [1.82, 2.24) is 14.8 Å². The Labute approximate surface area is 137 Å². The van der Waals surface area contributed by atoms with Gasteiger partial charge < -0.3 is 4.74 Å². The lowest BCUT2D eigenvalue weighted by Crippen LogP contribution is -2.18. The van der Waals surface area contributed by atoms with Gasteiger partial charge in [-0.2, -0.15) is 5.10 Å². The lowest BCUT2D eigenvalue weighted by Gasteiger charge is -2.22. The Kier molecular flexibility index (Phi) is 3.68. The third kappa shape index (κ3) is 2.66. The van der Waals surface area contributed by atoms with E-state index in [2.05, 4.69) is 33.2 Å². The number of hydrogen-bond acceptors (Lipinski definition) is 3. The molecular formula is C17H16BrN3O. The zero-order valence-corrected chi connectivity index (χ0v) is 13.7. The summed E-state index contributed by atoms with van der Waals surface area (Å²) in [5, 5.41) is 5.59. The smallest absolute Gasteiger partial charge is 0.150 e. The second-order valence-electron chi connectivity index (χ2n) is 5.56. The Hall–Kier alpha value is -1.72. The van der Waals surface area contributed by atoms with E-state index in [4.69, 9.17) is 9.72 Å². The highest BCUT2D eigenvalue weighted by atomic mass is 79.9. The van der Waals surface area contributed by atoms with Crippen molar-refractivity contribution in [2.45, 2.75) is 25.5 Å². The molecule has 1 saturated heterocycles. The predicted octanol–water partition coefficient (Wildman–Crippen LogP) is 4.56. The molecule has 0 amide bonds. The summed E-state index contributed by atoms with van der Waals surface area (Å²) in [6.45, 7) is 0.822. The number of fused-ring (bicyclic) bond motifs is 1. The van der Waals surface area contributed by atoms with Gasteiger partial charge in [-0.05, 0) is 37.5 Å². The summed E-state index contributed by atoms with van der Waals surface area (Å²) in [4.78, 5) is 4.74. The second-order valence-corrected chi connectivity index (χ2v) is 6.48. The molecule has 4 nitrogen and oxygen atoms in total. The van der Waals surface area contributed by atoms with Crippen molar-refractivity contribution in [2.24, 2.45) is 0 Å². The summed E-state index contributed by atoms with van der Waals surface area (Å²) in [6.07, 6.45) is 7.33. The molecule has 1 unspecified atom stereocenters. The van der Waals surface area contributed by atoms with Crippen LogP contribution in [0, 0.1) is 0 Å². The molecule has 1 aromatic carbocycles. The number of aromatic nitrogens is 3. The van der Waals surface area contributed by atoms with Crippen LogP contribution in [0.3, 0.4) is 0 Å². The average Bonchev–Trinajstić information content (AvgIpc) is 3.05. The number of nitrogens with zero attached hydrogens (tertiary/aromatic N) is 3. The van der Waals surface area contributed by atoms with Crippen LogP contribution in [-0.4, -0.2) is 21.4 Å². The van der Waals surface area contributed by atoms with Gasteiger partial charge in [-0.15, -0.1) is 0 Å². The Morgan fingerprint density at radius 1 is 1.18 bits per heavy atom. The van der Waals surface area contributed by atoms with Crippen LogP contribution in [0.5, 0.6) is 0 Å². The van der Waals surface area contributed by atoms with Crippen LogP contribution in [0.25, 0.3) is 22.2 Å². The lowest BCUT2D eigenvalue weighted by molar-refractivity contribution is -0.0394. The van der Waals surface area contributed by atoms with Crippen LogP contribution in [0.2, 0.25) is 0 Å². The van der Waals surface area contributed by atoms with Crippen molar-refractivity contribution in [2.75, 3.05) is 6.61 Å². The molecule has 112 valence electrons. The highest BCUT2D eigenvalue weighted by molar-refractivity contribution is 9.10. The van der Waals surface area contributed by atoms with Crippen LogP contribution in [-0.2, 0) is 4.74 Å². The maximum Gasteiger partial charge on any atom is 0.150 e. The van der Waals surface area contributed by atoms with Crippen LogP contribution < -0.4 is 0 Å². The van der Waals surface area contributed by atoms with E-state index in [0.29, 0.717) is 0 Å². The molecule has 0 saturated carbocycles. The van der Waals surface area contributed by atoms with Gasteiger partial charge in [0.05, 0.1) is 17.4 Å². The van der Waals surface area contributed by atoms with E-state index in [1.54, 1.807) is 0 Å². The minimum Gasteiger partial charge on any atom is -0.357 e. The number of hydrogen-bond donors (Lipinski definition) is 0. The van der Waals surface area contributed by atoms with Gasteiger partial charge in [0, 0.05) is 28.2 Å². The summed E-state index contributed by atoms with van der Waals surface area (Å²) < 4.78 is 8.73. The molecule has 1 atom stereocenters. The summed E-state index contributed by atoms with van der Waals surface area (Å²) in [6, 6.07) is 10.3. The molecule has 4 rings (SSSR count). The van der Waals surface area contributed by atoms with Gasteiger partial charge in [0.2, 0.25) is 0 Å². The predicted molar refractivity (Wildman–Crippen MR) is 89.5 cm³/mol. The van der Waals surface area contributed by atoms with Crippen molar-refractivity contribution in [3.05, 3.63) is 47.2 Å². The van der Waals surface area contributed by atoms with Crippen LogP contribution in [0.4, 0.5) is 0 Å². The average molecular weight is 358 g/mol. The standard InChI is InChI=1S/C17H16BrN3O/c18-14-6-4-12-5-7-15(20-16(12)9-14)13-10-19-21(11-13)17-3-1-2-8-22-17/h4-7,9-11,17H,1-3,8H2. The number of pyridine rings is 1. The molecular weight excluding hydrogens is 342 g/mol. The van der Waals surface area contributed by atoms with E-state index < -0.39 is 0 Å². The zero-order chi connectivity index (χ0) is 14.9. The van der Waals surface area contributed by atoms with Gasteiger partial charge in [-0.1, -0.05) is 28.1 Å². The molecule has 0 radical (unpaired) electrons. The monoisotopic (exact) mass is 357 g/mol. The van der Waals surface area contributed by atoms with Gasteiger partial charge in [-0.3, -0.25) is 0 Å². The minimum atomic E-state index is 0.0668. The highest BCUT2D eigenvalue weighted by Gasteiger charge is 2.17. The number of halogens is 1. The van der Waals surface area contributed by atoms with Crippen LogP contribution in [0.1, 0.15) is 25.5 Å². The first-order valence-electron chi connectivity index (χ1n) is 7.52. The van der Waals surface area contributed by atoms with Gasteiger partial charge in [0.15, 0.2) is 0 Å². The van der Waals surface area contributed by atoms with Crippen LogP contribution in [0.15, 0.2) is 47.2 Å². The molecule has 3 heterocycles. The van der Waals surface area contributed by atoms with Crippen molar-refractivity contribution in [3.8, 4) is 11.3 Å². The summed E-state index contributed by atoms with van der Waals surface area (Å²) in [7, 11) is 0. The SMILES string of the molecule is Brc1ccc2ccc(-c3cnn(C4CCCCO4)c3)nc2c1. The molecule has 0 bridgehead atoms. The first-order chi connectivity index (χ1) is 10.8. The van der Waals surface area contributed by atoms with Crippen molar-refractivity contribution < 1.29 is 4.74 Å². The molecule has 22 heavy (non-hydrogen) atoms. The van der Waals surface area contributed by atoms with Gasteiger partial charge in [-0.25, -0.2) is 9.67 Å². The maximum absolute atomic E-state index is 5.77. The first-order valence-corrected chi connectivity index (χ1v) is 8.31. The fraction of sp³-hybridized carbons (Fsp3) is 0.294. The molecule has 2 aromatic heterocycles. The summed E-state index contributed by atoms with van der Waals surface area (Å²) >= 11 is 3.50. The van der Waals surface area contributed by atoms with Crippen molar-refractivity contribution in [1.29, 1.82) is 0 Å². The third-order valence-corrected chi connectivity index (χ3v) is 4.50. The lowest BCUT2D eigenvalue weighted by atomic mass is 10.1. The largest absolute Gasteiger partial charge is 0.357 e.